The van der Waals surface area contributed by atoms with E-state index in [0.717, 1.165) is 62.7 Å². The first-order valence-electron chi connectivity index (χ1n) is 10.1. The molecule has 0 aliphatic carbocycles. The number of nitrogens with one attached hydrogen (secondary N) is 2. The Kier molecular flexibility index (Phi) is 10.8. The fraction of sp³-hybridized carbons (Fsp3) is 0.619. The molecular weight excluding hydrogens is 467 g/mol. The van der Waals surface area contributed by atoms with Gasteiger partial charge in [0, 0.05) is 38.3 Å². The third-order valence-corrected chi connectivity index (χ3v) is 4.95. The minimum Gasteiger partial charge on any atom is -0.373 e. The van der Waals surface area contributed by atoms with E-state index in [-0.39, 0.29) is 35.5 Å². The van der Waals surface area contributed by atoms with Gasteiger partial charge in [-0.2, -0.15) is 0 Å². The molecule has 1 aliphatic heterocycles. The second-order valence-electron chi connectivity index (χ2n) is 7.13. The van der Waals surface area contributed by atoms with Gasteiger partial charge in [0.2, 0.25) is 0 Å². The molecule has 1 aromatic carbocycles. The normalized spacial score (nSPS) is 19.1. The molecule has 28 heavy (non-hydrogen) atoms. The Labute approximate surface area is 186 Å². The zero-order valence-corrected chi connectivity index (χ0v) is 19.9. The predicted octanol–water partition coefficient (Wildman–Crippen LogP) is 3.41. The third kappa shape index (κ3) is 7.24. The minimum absolute atomic E-state index is 0. The van der Waals surface area contributed by atoms with Gasteiger partial charge in [-0.15, -0.1) is 24.0 Å². The first kappa shape index (κ1) is 24.7. The Morgan fingerprint density at radius 1 is 1.18 bits per heavy atom. The molecule has 1 fully saturated rings. The fourth-order valence-electron chi connectivity index (χ4n) is 3.21. The summed E-state index contributed by atoms with van der Waals surface area (Å²) in [6.07, 6.45) is 2.19. The molecule has 0 spiro atoms. The van der Waals surface area contributed by atoms with Crippen LogP contribution in [0.15, 0.2) is 29.3 Å². The monoisotopic (exact) mass is 502 g/mol. The maximum absolute atomic E-state index is 12.4. The quantitative estimate of drug-likeness (QED) is 0.325. The summed E-state index contributed by atoms with van der Waals surface area (Å²) in [5.41, 5.74) is 1.69. The third-order valence-electron chi connectivity index (χ3n) is 4.95. The summed E-state index contributed by atoms with van der Waals surface area (Å²) in [5, 5.41) is 6.66. The average molecular weight is 502 g/mol. The number of hydrogen-bond donors (Lipinski definition) is 2. The van der Waals surface area contributed by atoms with Crippen LogP contribution >= 0.6 is 24.0 Å². The average Bonchev–Trinajstić information content (AvgIpc) is 3.12. The van der Waals surface area contributed by atoms with E-state index >= 15 is 0 Å². The maximum atomic E-state index is 12.4. The van der Waals surface area contributed by atoms with Gasteiger partial charge >= 0.3 is 0 Å². The number of benzene rings is 1. The van der Waals surface area contributed by atoms with Crippen LogP contribution in [0.25, 0.3) is 0 Å². The number of amides is 1. The van der Waals surface area contributed by atoms with Crippen LogP contribution in [-0.4, -0.2) is 55.2 Å². The number of guanidine groups is 1. The molecular formula is C21H35IN4O2. The number of halogens is 1. The van der Waals surface area contributed by atoms with Crippen molar-refractivity contribution in [2.24, 2.45) is 4.99 Å². The van der Waals surface area contributed by atoms with Crippen molar-refractivity contribution in [2.45, 2.75) is 52.7 Å². The van der Waals surface area contributed by atoms with E-state index in [1.54, 1.807) is 0 Å². The lowest BCUT2D eigenvalue weighted by Crippen LogP contribution is -2.45. The van der Waals surface area contributed by atoms with Crippen LogP contribution in [0, 0.1) is 0 Å². The van der Waals surface area contributed by atoms with Gasteiger partial charge in [-0.05, 0) is 58.2 Å². The van der Waals surface area contributed by atoms with E-state index in [1.165, 1.54) is 0 Å². The van der Waals surface area contributed by atoms with Crippen LogP contribution in [0.1, 0.15) is 56.5 Å². The highest BCUT2D eigenvalue weighted by molar-refractivity contribution is 14.0. The van der Waals surface area contributed by atoms with E-state index < -0.39 is 0 Å². The van der Waals surface area contributed by atoms with Crippen molar-refractivity contribution in [1.82, 2.24) is 15.5 Å². The predicted molar refractivity (Wildman–Crippen MR) is 126 cm³/mol. The van der Waals surface area contributed by atoms with Crippen LogP contribution < -0.4 is 10.6 Å². The van der Waals surface area contributed by atoms with Gasteiger partial charge in [0.15, 0.2) is 5.96 Å². The number of carbonyl (C=O) groups excluding carboxylic acids is 1. The topological polar surface area (TPSA) is 66.0 Å². The van der Waals surface area contributed by atoms with Gasteiger partial charge in [-0.3, -0.25) is 4.79 Å². The van der Waals surface area contributed by atoms with Crippen molar-refractivity contribution in [1.29, 1.82) is 0 Å². The first-order chi connectivity index (χ1) is 13.0. The summed E-state index contributed by atoms with van der Waals surface area (Å²) in [6.45, 7) is 12.6. The van der Waals surface area contributed by atoms with Crippen LogP contribution in [0.5, 0.6) is 0 Å². The van der Waals surface area contributed by atoms with Gasteiger partial charge in [0.25, 0.3) is 5.91 Å². The van der Waals surface area contributed by atoms with E-state index in [0.29, 0.717) is 6.54 Å². The zero-order chi connectivity index (χ0) is 19.7. The van der Waals surface area contributed by atoms with Crippen LogP contribution in [-0.2, 0) is 11.3 Å². The molecule has 1 amide bonds. The second-order valence-corrected chi connectivity index (χ2v) is 7.13. The number of hydrogen-bond acceptors (Lipinski definition) is 3. The summed E-state index contributed by atoms with van der Waals surface area (Å²) in [4.78, 5) is 18.9. The van der Waals surface area contributed by atoms with Gasteiger partial charge in [0.05, 0.1) is 12.1 Å². The van der Waals surface area contributed by atoms with Crippen LogP contribution in [0.2, 0.25) is 0 Å². The van der Waals surface area contributed by atoms with Crippen LogP contribution in [0.3, 0.4) is 0 Å². The Hall–Kier alpha value is -1.35. The molecule has 2 rings (SSSR count). The van der Waals surface area contributed by atoms with Crippen molar-refractivity contribution >= 4 is 35.8 Å². The summed E-state index contributed by atoms with van der Waals surface area (Å²) < 4.78 is 5.82. The zero-order valence-electron chi connectivity index (χ0n) is 17.6. The highest BCUT2D eigenvalue weighted by Gasteiger charge is 2.29. The van der Waals surface area contributed by atoms with Gasteiger partial charge in [-0.25, -0.2) is 4.99 Å². The van der Waals surface area contributed by atoms with Gasteiger partial charge < -0.3 is 20.3 Å². The lowest BCUT2D eigenvalue weighted by atomic mass is 10.0. The van der Waals surface area contributed by atoms with Crippen molar-refractivity contribution in [3.63, 3.8) is 0 Å². The molecule has 0 radical (unpaired) electrons. The second kappa shape index (κ2) is 12.3. The molecule has 1 unspecified atom stereocenters. The highest BCUT2D eigenvalue weighted by Crippen LogP contribution is 2.23. The highest BCUT2D eigenvalue weighted by atomic mass is 127. The molecule has 1 saturated heterocycles. The molecule has 1 heterocycles. The lowest BCUT2D eigenvalue weighted by molar-refractivity contribution is 0.0242. The summed E-state index contributed by atoms with van der Waals surface area (Å²) >= 11 is 0. The van der Waals surface area contributed by atoms with E-state index in [1.807, 2.05) is 43.0 Å². The number of nitrogens with zero attached hydrogens (tertiary/aromatic N) is 2. The van der Waals surface area contributed by atoms with Gasteiger partial charge in [-0.1, -0.05) is 12.1 Å². The Bertz CT molecular complexity index is 624. The summed E-state index contributed by atoms with van der Waals surface area (Å²) in [5.74, 6) is 0.868. The van der Waals surface area contributed by atoms with Crippen LogP contribution in [0.4, 0.5) is 0 Å². The molecule has 1 aromatic rings. The molecule has 6 nitrogen and oxygen atoms in total. The molecule has 1 aliphatic rings. The van der Waals surface area contributed by atoms with Gasteiger partial charge in [0.1, 0.15) is 0 Å². The SMILES string of the molecule is CCNC(=NCc1ccc(C(=O)N(CC)CC)cc1)NCC1(C)CCCO1.I. The smallest absolute Gasteiger partial charge is 0.253 e. The molecule has 0 bridgehead atoms. The minimum atomic E-state index is -0.109. The number of rotatable bonds is 8. The maximum Gasteiger partial charge on any atom is 0.253 e. The van der Waals surface area contributed by atoms with E-state index in [2.05, 4.69) is 29.5 Å². The molecule has 158 valence electrons. The van der Waals surface area contributed by atoms with E-state index in [4.69, 9.17) is 4.74 Å². The molecule has 1 atom stereocenters. The standard InChI is InChI=1S/C21H34N4O2.HI/c1-5-22-20(24-16-21(4)13-8-14-27-21)23-15-17-9-11-18(12-10-17)19(26)25(6-2)7-3;/h9-12H,5-8,13-16H2,1-4H3,(H2,22,23,24);1H. The molecule has 0 saturated carbocycles. The lowest BCUT2D eigenvalue weighted by Gasteiger charge is -2.24. The number of ether oxygens (including phenoxy) is 1. The number of carbonyl (C=O) groups is 1. The number of aliphatic imine (C=N–C) groups is 1. The largest absolute Gasteiger partial charge is 0.373 e. The molecule has 0 aromatic heterocycles. The molecule has 2 N–H and O–H groups in total. The Balaban J connectivity index is 0.00000392. The van der Waals surface area contributed by atoms with Crippen molar-refractivity contribution < 1.29 is 9.53 Å². The summed E-state index contributed by atoms with van der Waals surface area (Å²) in [7, 11) is 0. The Morgan fingerprint density at radius 2 is 1.86 bits per heavy atom. The van der Waals surface area contributed by atoms with Crippen molar-refractivity contribution in [3.8, 4) is 0 Å². The van der Waals surface area contributed by atoms with Crippen molar-refractivity contribution in [2.75, 3.05) is 32.8 Å². The first-order valence-corrected chi connectivity index (χ1v) is 10.1. The Morgan fingerprint density at radius 3 is 2.39 bits per heavy atom. The molecule has 7 heteroatoms. The van der Waals surface area contributed by atoms with E-state index in [9.17, 15) is 4.79 Å². The fourth-order valence-corrected chi connectivity index (χ4v) is 3.21. The summed E-state index contributed by atoms with van der Waals surface area (Å²) in [6, 6.07) is 7.73. The van der Waals surface area contributed by atoms with Crippen molar-refractivity contribution in [3.05, 3.63) is 35.4 Å².